The number of likely N-dealkylation sites (tertiary alicyclic amines) is 1. The van der Waals surface area contributed by atoms with Gasteiger partial charge >= 0.3 is 0 Å². The number of ether oxygens (including phenoxy) is 1. The van der Waals surface area contributed by atoms with Crippen molar-refractivity contribution in [1.82, 2.24) is 15.2 Å². The molecule has 1 N–H and O–H groups in total. The number of benzene rings is 1. The number of aryl methyl sites for hydroxylation is 1. The van der Waals surface area contributed by atoms with E-state index in [1.165, 1.54) is 38.5 Å². The maximum Gasteiger partial charge on any atom is 0.258 e. The van der Waals surface area contributed by atoms with Crippen LogP contribution in [-0.2, 0) is 4.79 Å². The number of carbonyl (C=O) groups is 1. The molecule has 5 nitrogen and oxygen atoms in total. The Kier molecular flexibility index (Phi) is 7.25. The van der Waals surface area contributed by atoms with E-state index in [2.05, 4.69) is 15.2 Å². The second kappa shape index (κ2) is 9.93. The molecule has 7 heteroatoms. The van der Waals surface area contributed by atoms with E-state index in [9.17, 15) is 4.79 Å². The van der Waals surface area contributed by atoms with E-state index in [0.717, 1.165) is 37.0 Å². The summed E-state index contributed by atoms with van der Waals surface area (Å²) in [5, 5.41) is 4.80. The minimum absolute atomic E-state index is 0.0949. The van der Waals surface area contributed by atoms with E-state index in [0.29, 0.717) is 27.9 Å². The quantitative estimate of drug-likeness (QED) is 0.611. The number of rotatable bonds is 6. The minimum Gasteiger partial charge on any atom is -0.480 e. The van der Waals surface area contributed by atoms with Crippen molar-refractivity contribution < 1.29 is 9.53 Å². The first kappa shape index (κ1) is 22.6. The lowest BCUT2D eigenvalue weighted by Gasteiger charge is -2.48. The molecule has 0 radical (unpaired) electrons. The highest BCUT2D eigenvalue weighted by molar-refractivity contribution is 6.39. The summed E-state index contributed by atoms with van der Waals surface area (Å²) in [5.41, 5.74) is 1.51. The fourth-order valence-corrected chi connectivity index (χ4v) is 5.63. The highest BCUT2D eigenvalue weighted by Crippen LogP contribution is 2.37. The Balaban J connectivity index is 1.43. The van der Waals surface area contributed by atoms with Crippen LogP contribution in [0.5, 0.6) is 5.75 Å². The first-order valence-corrected chi connectivity index (χ1v) is 12.1. The van der Waals surface area contributed by atoms with Crippen molar-refractivity contribution in [3.63, 3.8) is 0 Å². The highest BCUT2D eigenvalue weighted by atomic mass is 35.5. The number of hydrogen-bond acceptors (Lipinski definition) is 4. The van der Waals surface area contributed by atoms with Crippen LogP contribution in [0, 0.1) is 6.92 Å². The summed E-state index contributed by atoms with van der Waals surface area (Å²) in [7, 11) is 0. The summed E-state index contributed by atoms with van der Waals surface area (Å²) in [6.45, 7) is 4.77. The summed E-state index contributed by atoms with van der Waals surface area (Å²) in [6.07, 6.45) is 9.91. The van der Waals surface area contributed by atoms with Gasteiger partial charge in [-0.2, -0.15) is 0 Å². The fourth-order valence-electron chi connectivity index (χ4n) is 5.06. The van der Waals surface area contributed by atoms with Gasteiger partial charge in [0, 0.05) is 23.2 Å². The van der Waals surface area contributed by atoms with Crippen LogP contribution in [0.25, 0.3) is 10.9 Å². The lowest BCUT2D eigenvalue weighted by molar-refractivity contribution is -0.124. The van der Waals surface area contributed by atoms with Crippen molar-refractivity contribution in [2.45, 2.75) is 63.8 Å². The van der Waals surface area contributed by atoms with Gasteiger partial charge in [0.15, 0.2) is 12.4 Å². The zero-order chi connectivity index (χ0) is 21.8. The van der Waals surface area contributed by atoms with Crippen molar-refractivity contribution in [3.05, 3.63) is 33.9 Å². The van der Waals surface area contributed by atoms with Crippen LogP contribution in [0.15, 0.2) is 18.2 Å². The number of amides is 1. The Morgan fingerprint density at radius 2 is 1.81 bits per heavy atom. The smallest absolute Gasteiger partial charge is 0.258 e. The van der Waals surface area contributed by atoms with Gasteiger partial charge in [0.25, 0.3) is 5.91 Å². The van der Waals surface area contributed by atoms with Gasteiger partial charge < -0.3 is 10.1 Å². The van der Waals surface area contributed by atoms with Crippen LogP contribution in [-0.4, -0.2) is 47.6 Å². The van der Waals surface area contributed by atoms with E-state index >= 15 is 0 Å². The third kappa shape index (κ3) is 5.10. The van der Waals surface area contributed by atoms with Crippen molar-refractivity contribution in [2.24, 2.45) is 0 Å². The maximum atomic E-state index is 12.7. The van der Waals surface area contributed by atoms with E-state index in [1.807, 2.05) is 19.1 Å². The molecule has 2 aromatic rings. The zero-order valence-electron chi connectivity index (χ0n) is 18.2. The number of aromatic nitrogens is 1. The molecule has 0 spiro atoms. The van der Waals surface area contributed by atoms with Gasteiger partial charge in [0.1, 0.15) is 5.52 Å². The van der Waals surface area contributed by atoms with Crippen molar-refractivity contribution >= 4 is 40.0 Å². The number of halogens is 2. The number of nitrogens with one attached hydrogen (secondary N) is 1. The number of nitrogens with zero attached hydrogens (tertiary/aromatic N) is 2. The van der Waals surface area contributed by atoms with Crippen LogP contribution in [0.1, 0.15) is 57.1 Å². The largest absolute Gasteiger partial charge is 0.480 e. The van der Waals surface area contributed by atoms with Gasteiger partial charge in [0.2, 0.25) is 0 Å². The van der Waals surface area contributed by atoms with E-state index in [1.54, 1.807) is 6.07 Å². The van der Waals surface area contributed by atoms with Crippen LogP contribution in [0.3, 0.4) is 0 Å². The van der Waals surface area contributed by atoms with Crippen LogP contribution < -0.4 is 10.1 Å². The SMILES string of the molecule is Cc1ccc2c(Cl)cc(Cl)c(OCC(=O)NCC3(N4CCCCC4)CCCCC3)c2n1. The van der Waals surface area contributed by atoms with E-state index < -0.39 is 0 Å². The Labute approximate surface area is 194 Å². The number of pyridine rings is 1. The average molecular weight is 464 g/mol. The van der Waals surface area contributed by atoms with Crippen LogP contribution >= 0.6 is 23.2 Å². The Morgan fingerprint density at radius 3 is 2.55 bits per heavy atom. The first-order valence-electron chi connectivity index (χ1n) is 11.4. The molecule has 0 bridgehead atoms. The highest BCUT2D eigenvalue weighted by Gasteiger charge is 2.38. The predicted octanol–water partition coefficient (Wildman–Crippen LogP) is 5.53. The van der Waals surface area contributed by atoms with Gasteiger partial charge in [-0.05, 0) is 63.9 Å². The Morgan fingerprint density at radius 1 is 1.10 bits per heavy atom. The van der Waals surface area contributed by atoms with Gasteiger partial charge in [-0.3, -0.25) is 9.69 Å². The number of piperidine rings is 1. The third-order valence-electron chi connectivity index (χ3n) is 6.75. The van der Waals surface area contributed by atoms with Gasteiger partial charge in [-0.25, -0.2) is 4.98 Å². The normalized spacial score (nSPS) is 19.3. The average Bonchev–Trinajstić information content (AvgIpc) is 2.78. The minimum atomic E-state index is -0.131. The predicted molar refractivity (Wildman–Crippen MR) is 126 cm³/mol. The molecule has 2 heterocycles. The Bertz CT molecular complexity index is 938. The second-order valence-electron chi connectivity index (χ2n) is 8.92. The molecular formula is C24H31Cl2N3O2. The molecule has 2 fully saturated rings. The lowest BCUT2D eigenvalue weighted by Crippen LogP contribution is -2.58. The standard InChI is InChI=1S/C24H31Cl2N3O2/c1-17-8-9-18-19(25)14-20(26)23(22(18)28-17)31-15-21(30)27-16-24(10-4-2-5-11-24)29-12-6-3-7-13-29/h8-9,14H,2-7,10-13,15-16H2,1H3,(H,27,30). The summed E-state index contributed by atoms with van der Waals surface area (Å²) in [6, 6.07) is 5.43. The molecule has 31 heavy (non-hydrogen) atoms. The van der Waals surface area contributed by atoms with Crippen LogP contribution in [0.2, 0.25) is 10.0 Å². The molecule has 0 atom stereocenters. The summed E-state index contributed by atoms with van der Waals surface area (Å²) in [4.78, 5) is 19.9. The molecule has 1 aromatic carbocycles. The first-order chi connectivity index (χ1) is 15.0. The molecule has 1 amide bonds. The molecule has 168 valence electrons. The van der Waals surface area contributed by atoms with Gasteiger partial charge in [-0.15, -0.1) is 0 Å². The van der Waals surface area contributed by atoms with Crippen molar-refractivity contribution in [3.8, 4) is 5.75 Å². The van der Waals surface area contributed by atoms with E-state index in [-0.39, 0.29) is 18.1 Å². The molecular weight excluding hydrogens is 433 g/mol. The van der Waals surface area contributed by atoms with Gasteiger partial charge in [0.05, 0.1) is 10.0 Å². The number of carbonyl (C=O) groups excluding carboxylic acids is 1. The Hall–Kier alpha value is -1.56. The van der Waals surface area contributed by atoms with Crippen molar-refractivity contribution in [2.75, 3.05) is 26.2 Å². The molecule has 1 saturated carbocycles. The summed E-state index contributed by atoms with van der Waals surface area (Å²) < 4.78 is 5.86. The number of hydrogen-bond donors (Lipinski definition) is 1. The van der Waals surface area contributed by atoms with Crippen molar-refractivity contribution in [1.29, 1.82) is 0 Å². The molecule has 1 saturated heterocycles. The maximum absolute atomic E-state index is 12.7. The zero-order valence-corrected chi connectivity index (χ0v) is 19.7. The summed E-state index contributed by atoms with van der Waals surface area (Å²) >= 11 is 12.7. The van der Waals surface area contributed by atoms with Crippen LogP contribution in [0.4, 0.5) is 0 Å². The molecule has 1 aliphatic carbocycles. The number of fused-ring (bicyclic) bond motifs is 1. The molecule has 1 aliphatic heterocycles. The van der Waals surface area contributed by atoms with E-state index in [4.69, 9.17) is 27.9 Å². The molecule has 0 unspecified atom stereocenters. The monoisotopic (exact) mass is 463 g/mol. The molecule has 1 aromatic heterocycles. The summed E-state index contributed by atoms with van der Waals surface area (Å²) in [5.74, 6) is 0.275. The van der Waals surface area contributed by atoms with Gasteiger partial charge in [-0.1, -0.05) is 48.9 Å². The second-order valence-corrected chi connectivity index (χ2v) is 9.73. The lowest BCUT2D eigenvalue weighted by atomic mass is 9.79. The molecule has 4 rings (SSSR count). The molecule has 2 aliphatic rings. The third-order valence-corrected chi connectivity index (χ3v) is 7.34. The fraction of sp³-hybridized carbons (Fsp3) is 0.583. The topological polar surface area (TPSA) is 54.5 Å².